The summed E-state index contributed by atoms with van der Waals surface area (Å²) in [5.74, 6) is -0.178. The first-order chi connectivity index (χ1) is 9.56. The Morgan fingerprint density at radius 2 is 1.95 bits per heavy atom. The Balaban J connectivity index is 1.88. The van der Waals surface area contributed by atoms with Gasteiger partial charge in [-0.15, -0.1) is 0 Å². The van der Waals surface area contributed by atoms with Crippen LogP contribution in [0.5, 0.6) is 0 Å². The molecule has 1 N–H and O–H groups in total. The highest BCUT2D eigenvalue weighted by molar-refractivity contribution is 5.79. The van der Waals surface area contributed by atoms with Crippen LogP contribution in [0.4, 0.5) is 5.69 Å². The van der Waals surface area contributed by atoms with Crippen LogP contribution in [0.25, 0.3) is 0 Å². The molecule has 0 radical (unpaired) electrons. The van der Waals surface area contributed by atoms with Crippen molar-refractivity contribution in [2.75, 3.05) is 13.2 Å². The summed E-state index contributed by atoms with van der Waals surface area (Å²) in [5.41, 5.74) is 0.414. The predicted molar refractivity (Wildman–Crippen MR) is 68.0 cm³/mol. The van der Waals surface area contributed by atoms with Gasteiger partial charge in [0.05, 0.1) is 30.7 Å². The van der Waals surface area contributed by atoms with Crippen LogP contribution in [0.15, 0.2) is 24.3 Å². The van der Waals surface area contributed by atoms with Gasteiger partial charge in [0.15, 0.2) is 6.29 Å². The van der Waals surface area contributed by atoms with Gasteiger partial charge >= 0.3 is 0 Å². The average Bonchev–Trinajstić information content (AvgIpc) is 2.91. The fourth-order valence-corrected chi connectivity index (χ4v) is 1.95. The predicted octanol–water partition coefficient (Wildman–Crippen LogP) is 1.35. The quantitative estimate of drug-likeness (QED) is 0.624. The van der Waals surface area contributed by atoms with E-state index in [4.69, 9.17) is 9.47 Å². The smallest absolute Gasteiger partial charge is 0.269 e. The van der Waals surface area contributed by atoms with Crippen molar-refractivity contribution in [3.63, 3.8) is 0 Å². The average molecular weight is 281 g/mol. The molecule has 0 bridgehead atoms. The maximum absolute atomic E-state index is 11.7. The lowest BCUT2D eigenvalue weighted by Gasteiger charge is -2.12. The maximum atomic E-state index is 11.7. The number of nitrogens with zero attached hydrogens (tertiary/aromatic N) is 1. The van der Waals surface area contributed by atoms with E-state index in [1.165, 1.54) is 24.3 Å². The van der Waals surface area contributed by atoms with Crippen molar-refractivity contribution >= 4 is 11.5 Å². The van der Waals surface area contributed by atoms with Crippen LogP contribution >= 0.6 is 0 Å². The maximum Gasteiger partial charge on any atom is 0.269 e. The van der Waals surface area contributed by atoms with Crippen LogP contribution in [-0.4, -0.2) is 35.3 Å². The minimum atomic E-state index is -0.982. The molecule has 1 atom stereocenters. The Bertz CT molecular complexity index is 480. The van der Waals surface area contributed by atoms with Crippen LogP contribution in [-0.2, 0) is 14.3 Å². The fourth-order valence-electron chi connectivity index (χ4n) is 1.95. The fraction of sp³-hybridized carbons (Fsp3) is 0.462. The molecule has 0 saturated carbocycles. The first-order valence-electron chi connectivity index (χ1n) is 6.23. The van der Waals surface area contributed by atoms with E-state index in [0.717, 1.165) is 0 Å². The van der Waals surface area contributed by atoms with E-state index in [1.807, 2.05) is 0 Å². The molecule has 1 aromatic rings. The van der Waals surface area contributed by atoms with Gasteiger partial charge in [-0.25, -0.2) is 0 Å². The van der Waals surface area contributed by atoms with Crippen LogP contribution in [0.1, 0.15) is 24.5 Å². The van der Waals surface area contributed by atoms with Crippen molar-refractivity contribution in [3.8, 4) is 0 Å². The second kappa shape index (κ2) is 6.56. The zero-order valence-corrected chi connectivity index (χ0v) is 10.7. The highest BCUT2D eigenvalue weighted by Gasteiger charge is 2.22. The summed E-state index contributed by atoms with van der Waals surface area (Å²) in [6, 6.07) is 5.48. The number of hydrogen-bond donors (Lipinski definition) is 1. The molecule has 7 heteroatoms. The molecule has 108 valence electrons. The monoisotopic (exact) mass is 281 g/mol. The van der Waals surface area contributed by atoms with Gasteiger partial charge in [0.1, 0.15) is 5.78 Å². The Hall–Kier alpha value is -1.83. The van der Waals surface area contributed by atoms with Crippen molar-refractivity contribution in [1.82, 2.24) is 0 Å². The third kappa shape index (κ3) is 3.83. The highest BCUT2D eigenvalue weighted by atomic mass is 16.7. The van der Waals surface area contributed by atoms with Gasteiger partial charge in [0, 0.05) is 18.6 Å². The molecule has 0 aliphatic carbocycles. The molecule has 1 aliphatic rings. The van der Waals surface area contributed by atoms with E-state index in [1.54, 1.807) is 0 Å². The molecular formula is C13H15NO6. The molecule has 1 aliphatic heterocycles. The lowest BCUT2D eigenvalue weighted by Crippen LogP contribution is -2.16. The Morgan fingerprint density at radius 3 is 2.50 bits per heavy atom. The number of hydrogen-bond acceptors (Lipinski definition) is 6. The summed E-state index contributed by atoms with van der Waals surface area (Å²) >= 11 is 0. The molecular weight excluding hydrogens is 266 g/mol. The SMILES string of the molecule is O=C(CC1OCCO1)C[C@H](O)c1ccc([N+](=O)[O-])cc1. The number of carbonyl (C=O) groups excluding carboxylic acids is 1. The Labute approximate surface area is 115 Å². The van der Waals surface area contributed by atoms with E-state index in [-0.39, 0.29) is 24.3 Å². The standard InChI is InChI=1S/C13H15NO6/c15-11(8-13-19-5-6-20-13)7-12(16)9-1-3-10(4-2-9)14(17)18/h1-4,12-13,16H,5-8H2/t12-/m0/s1. The van der Waals surface area contributed by atoms with Gasteiger partial charge in [-0.3, -0.25) is 14.9 Å². The van der Waals surface area contributed by atoms with Gasteiger partial charge in [-0.05, 0) is 17.7 Å². The van der Waals surface area contributed by atoms with Crippen LogP contribution in [0, 0.1) is 10.1 Å². The zero-order chi connectivity index (χ0) is 14.5. The van der Waals surface area contributed by atoms with Crippen molar-refractivity contribution < 1.29 is 24.3 Å². The highest BCUT2D eigenvalue weighted by Crippen LogP contribution is 2.21. The summed E-state index contributed by atoms with van der Waals surface area (Å²) in [6.07, 6.45) is -1.47. The van der Waals surface area contributed by atoms with E-state index in [9.17, 15) is 20.0 Å². The number of aliphatic hydroxyl groups excluding tert-OH is 1. The molecule has 20 heavy (non-hydrogen) atoms. The molecule has 1 aromatic carbocycles. The molecule has 2 rings (SSSR count). The lowest BCUT2D eigenvalue weighted by molar-refractivity contribution is -0.384. The number of non-ortho nitro benzene ring substituents is 1. The zero-order valence-electron chi connectivity index (χ0n) is 10.7. The number of ketones is 1. The largest absolute Gasteiger partial charge is 0.388 e. The van der Waals surface area contributed by atoms with E-state index < -0.39 is 17.3 Å². The topological polar surface area (TPSA) is 98.9 Å². The summed E-state index contributed by atoms with van der Waals surface area (Å²) in [4.78, 5) is 21.7. The van der Waals surface area contributed by atoms with Crippen molar-refractivity contribution in [3.05, 3.63) is 39.9 Å². The number of aliphatic hydroxyl groups is 1. The Kier molecular flexibility index (Phi) is 4.78. The summed E-state index contributed by atoms with van der Waals surface area (Å²) in [6.45, 7) is 0.950. The Morgan fingerprint density at radius 1 is 1.35 bits per heavy atom. The summed E-state index contributed by atoms with van der Waals surface area (Å²) < 4.78 is 10.3. The number of nitro groups is 1. The van der Waals surface area contributed by atoms with Gasteiger partial charge in [-0.2, -0.15) is 0 Å². The van der Waals surface area contributed by atoms with Gasteiger partial charge in [0.25, 0.3) is 5.69 Å². The first kappa shape index (κ1) is 14.6. The number of benzene rings is 1. The molecule has 7 nitrogen and oxygen atoms in total. The number of rotatable bonds is 6. The first-order valence-corrected chi connectivity index (χ1v) is 6.23. The van der Waals surface area contributed by atoms with Gasteiger partial charge in [0.2, 0.25) is 0 Å². The van der Waals surface area contributed by atoms with Crippen molar-refractivity contribution in [2.45, 2.75) is 25.2 Å². The summed E-state index contributed by atoms with van der Waals surface area (Å²) in [5, 5.41) is 20.4. The normalized spacial score (nSPS) is 17.1. The van der Waals surface area contributed by atoms with Crippen molar-refractivity contribution in [2.24, 2.45) is 0 Å². The second-order valence-corrected chi connectivity index (χ2v) is 4.48. The molecule has 0 amide bonds. The van der Waals surface area contributed by atoms with E-state index in [0.29, 0.717) is 18.8 Å². The number of nitro benzene ring substituents is 1. The van der Waals surface area contributed by atoms with Crippen molar-refractivity contribution in [1.29, 1.82) is 0 Å². The molecule has 0 unspecified atom stereocenters. The number of Topliss-reactive ketones (excluding diaryl/α,β-unsaturated/α-hetero) is 1. The molecule has 1 heterocycles. The molecule has 1 saturated heterocycles. The molecule has 0 spiro atoms. The third-order valence-electron chi connectivity index (χ3n) is 2.99. The van der Waals surface area contributed by atoms with Crippen LogP contribution in [0.2, 0.25) is 0 Å². The van der Waals surface area contributed by atoms with Gasteiger partial charge < -0.3 is 14.6 Å². The second-order valence-electron chi connectivity index (χ2n) is 4.48. The molecule has 0 aromatic heterocycles. The van der Waals surface area contributed by atoms with E-state index >= 15 is 0 Å². The molecule has 1 fully saturated rings. The third-order valence-corrected chi connectivity index (χ3v) is 2.99. The van der Waals surface area contributed by atoms with E-state index in [2.05, 4.69) is 0 Å². The van der Waals surface area contributed by atoms with Crippen LogP contribution < -0.4 is 0 Å². The minimum Gasteiger partial charge on any atom is -0.388 e. The lowest BCUT2D eigenvalue weighted by atomic mass is 10.0. The number of carbonyl (C=O) groups is 1. The summed E-state index contributed by atoms with van der Waals surface area (Å²) in [7, 11) is 0. The minimum absolute atomic E-state index is 0.0555. The number of ether oxygens (including phenoxy) is 2. The van der Waals surface area contributed by atoms with Crippen LogP contribution in [0.3, 0.4) is 0 Å². The van der Waals surface area contributed by atoms with Gasteiger partial charge in [-0.1, -0.05) is 0 Å².